The van der Waals surface area contributed by atoms with Crippen LogP contribution in [-0.2, 0) is 0 Å². The van der Waals surface area contributed by atoms with Gasteiger partial charge < -0.3 is 4.90 Å². The molecule has 3 rings (SSSR count). The molecule has 1 aliphatic rings. The smallest absolute Gasteiger partial charge is 0.153 e. The van der Waals surface area contributed by atoms with Gasteiger partial charge in [-0.1, -0.05) is 50.8 Å². The van der Waals surface area contributed by atoms with Gasteiger partial charge in [0.1, 0.15) is 0 Å². The van der Waals surface area contributed by atoms with Crippen molar-refractivity contribution in [2.75, 3.05) is 6.54 Å². The third-order valence-electron chi connectivity index (χ3n) is 4.16. The Kier molecular flexibility index (Phi) is 6.45. The SMILES string of the molecule is C=C1C(C)=CC(c2ccccc2)=C(c2c(F)cncc2F)N1CC.CC. The van der Waals surface area contributed by atoms with Gasteiger partial charge >= 0.3 is 0 Å². The topological polar surface area (TPSA) is 16.1 Å². The standard InChI is InChI=1S/C20H18F2N2.C2H6/c1-4-24-14(3)13(2)10-16(15-8-6-5-7-9-15)20(24)19-17(21)11-23-12-18(19)22;1-2/h5-12H,3-4H2,1-2H3;1-2H3. The van der Waals surface area contributed by atoms with Crippen molar-refractivity contribution in [3.05, 3.63) is 89.4 Å². The summed E-state index contributed by atoms with van der Waals surface area (Å²) in [6.07, 6.45) is 4.00. The van der Waals surface area contributed by atoms with Crippen LogP contribution in [-0.4, -0.2) is 16.4 Å². The Hall–Kier alpha value is -2.75. The maximum Gasteiger partial charge on any atom is 0.153 e. The van der Waals surface area contributed by atoms with E-state index in [1.165, 1.54) is 0 Å². The molecule has 2 nitrogen and oxygen atoms in total. The zero-order chi connectivity index (χ0) is 19.3. The molecule has 0 fully saturated rings. The lowest BCUT2D eigenvalue weighted by atomic mass is 9.92. The van der Waals surface area contributed by atoms with E-state index in [1.807, 2.05) is 69.0 Å². The normalized spacial score (nSPS) is 14.0. The second-order valence-electron chi connectivity index (χ2n) is 5.62. The molecule has 0 unspecified atom stereocenters. The van der Waals surface area contributed by atoms with Crippen LogP contribution in [0.1, 0.15) is 38.8 Å². The minimum Gasteiger partial charge on any atom is -0.341 e. The van der Waals surface area contributed by atoms with Gasteiger partial charge in [0.05, 0.1) is 23.7 Å². The Morgan fingerprint density at radius 2 is 1.62 bits per heavy atom. The van der Waals surface area contributed by atoms with E-state index in [1.54, 1.807) is 0 Å². The minimum atomic E-state index is -0.683. The third-order valence-corrected chi connectivity index (χ3v) is 4.16. The number of benzene rings is 1. The number of aromatic nitrogens is 1. The Morgan fingerprint density at radius 1 is 1.04 bits per heavy atom. The second-order valence-corrected chi connectivity index (χ2v) is 5.62. The van der Waals surface area contributed by atoms with E-state index < -0.39 is 11.6 Å². The average molecular weight is 354 g/mol. The van der Waals surface area contributed by atoms with Crippen molar-refractivity contribution in [3.63, 3.8) is 0 Å². The van der Waals surface area contributed by atoms with Gasteiger partial charge in [0.2, 0.25) is 0 Å². The molecule has 2 heterocycles. The molecule has 0 amide bonds. The fourth-order valence-electron chi connectivity index (χ4n) is 2.96. The van der Waals surface area contributed by atoms with Crippen molar-refractivity contribution in [3.8, 4) is 0 Å². The first kappa shape index (κ1) is 19.6. The molecule has 0 saturated heterocycles. The molecule has 2 aromatic rings. The molecule has 0 bridgehead atoms. The predicted molar refractivity (Wildman–Crippen MR) is 104 cm³/mol. The van der Waals surface area contributed by atoms with Gasteiger partial charge in [-0.2, -0.15) is 0 Å². The van der Waals surface area contributed by atoms with Crippen LogP contribution >= 0.6 is 0 Å². The largest absolute Gasteiger partial charge is 0.341 e. The zero-order valence-electron chi connectivity index (χ0n) is 15.7. The van der Waals surface area contributed by atoms with Gasteiger partial charge in [-0.05, 0) is 31.1 Å². The fourth-order valence-corrected chi connectivity index (χ4v) is 2.96. The molecular weight excluding hydrogens is 330 g/mol. The Morgan fingerprint density at radius 3 is 2.15 bits per heavy atom. The van der Waals surface area contributed by atoms with Crippen LogP contribution in [0.3, 0.4) is 0 Å². The summed E-state index contributed by atoms with van der Waals surface area (Å²) in [6, 6.07) is 9.58. The lowest BCUT2D eigenvalue weighted by Gasteiger charge is -2.34. The zero-order valence-corrected chi connectivity index (χ0v) is 15.7. The van der Waals surface area contributed by atoms with Gasteiger partial charge in [0.15, 0.2) is 11.6 Å². The van der Waals surface area contributed by atoms with Crippen molar-refractivity contribution in [2.24, 2.45) is 0 Å². The van der Waals surface area contributed by atoms with Crippen LogP contribution in [0.25, 0.3) is 11.3 Å². The highest BCUT2D eigenvalue weighted by atomic mass is 19.1. The molecule has 136 valence electrons. The summed E-state index contributed by atoms with van der Waals surface area (Å²) in [7, 11) is 0. The van der Waals surface area contributed by atoms with Crippen LogP contribution < -0.4 is 0 Å². The van der Waals surface area contributed by atoms with Crippen molar-refractivity contribution >= 4 is 11.3 Å². The summed E-state index contributed by atoms with van der Waals surface area (Å²) in [6.45, 7) is 12.5. The van der Waals surface area contributed by atoms with Gasteiger partial charge in [-0.25, -0.2) is 8.78 Å². The van der Waals surface area contributed by atoms with E-state index in [9.17, 15) is 8.78 Å². The van der Waals surface area contributed by atoms with E-state index in [2.05, 4.69) is 11.6 Å². The number of hydrogen-bond donors (Lipinski definition) is 0. The van der Waals surface area contributed by atoms with Crippen LogP contribution in [0.5, 0.6) is 0 Å². The molecule has 1 aromatic heterocycles. The number of likely N-dealkylation sites (N-methyl/N-ethyl adjacent to an activating group) is 1. The molecule has 0 N–H and O–H groups in total. The monoisotopic (exact) mass is 354 g/mol. The highest BCUT2D eigenvalue weighted by molar-refractivity contribution is 5.97. The van der Waals surface area contributed by atoms with E-state index in [-0.39, 0.29) is 5.56 Å². The number of hydrogen-bond acceptors (Lipinski definition) is 2. The lowest BCUT2D eigenvalue weighted by Crippen LogP contribution is -2.26. The second kappa shape index (κ2) is 8.56. The van der Waals surface area contributed by atoms with Gasteiger partial charge in [-0.15, -0.1) is 0 Å². The molecule has 4 heteroatoms. The van der Waals surface area contributed by atoms with Crippen LogP contribution in [0, 0.1) is 11.6 Å². The van der Waals surface area contributed by atoms with Gasteiger partial charge in [0.25, 0.3) is 0 Å². The number of rotatable bonds is 3. The maximum absolute atomic E-state index is 14.4. The van der Waals surface area contributed by atoms with Crippen molar-refractivity contribution in [1.82, 2.24) is 9.88 Å². The first-order valence-electron chi connectivity index (χ1n) is 8.78. The molecule has 1 aliphatic heterocycles. The summed E-state index contributed by atoms with van der Waals surface area (Å²) in [5.74, 6) is -1.37. The average Bonchev–Trinajstić information content (AvgIpc) is 2.66. The summed E-state index contributed by atoms with van der Waals surface area (Å²) in [5.41, 5.74) is 3.78. The van der Waals surface area contributed by atoms with E-state index in [0.717, 1.165) is 34.8 Å². The summed E-state index contributed by atoms with van der Waals surface area (Å²) in [4.78, 5) is 5.44. The maximum atomic E-state index is 14.4. The number of pyridine rings is 1. The van der Waals surface area contributed by atoms with Gasteiger partial charge in [0, 0.05) is 17.8 Å². The Balaban J connectivity index is 0.00000117. The van der Waals surface area contributed by atoms with Crippen molar-refractivity contribution in [2.45, 2.75) is 27.7 Å². The lowest BCUT2D eigenvalue weighted by molar-refractivity contribution is 0.502. The molecule has 0 radical (unpaired) electrons. The predicted octanol–water partition coefficient (Wildman–Crippen LogP) is 6.05. The molecule has 0 atom stereocenters. The Labute approximate surface area is 154 Å². The molecule has 0 spiro atoms. The molecule has 1 aromatic carbocycles. The van der Waals surface area contributed by atoms with Crippen molar-refractivity contribution in [1.29, 1.82) is 0 Å². The Bertz CT molecular complexity index is 831. The highest BCUT2D eigenvalue weighted by Gasteiger charge is 2.28. The molecule has 0 saturated carbocycles. The first-order chi connectivity index (χ1) is 12.5. The quantitative estimate of drug-likeness (QED) is 0.667. The van der Waals surface area contributed by atoms with Crippen LogP contribution in [0.4, 0.5) is 8.78 Å². The van der Waals surface area contributed by atoms with E-state index in [4.69, 9.17) is 0 Å². The summed E-state index contributed by atoms with van der Waals surface area (Å²) in [5, 5.41) is 0. The molecule has 0 aliphatic carbocycles. The summed E-state index contributed by atoms with van der Waals surface area (Å²) < 4.78 is 28.9. The van der Waals surface area contributed by atoms with Crippen molar-refractivity contribution < 1.29 is 8.78 Å². The fraction of sp³-hybridized carbons (Fsp3) is 0.227. The molecular formula is C22H24F2N2. The third kappa shape index (κ3) is 3.59. The van der Waals surface area contributed by atoms with Crippen LogP contribution in [0.15, 0.2) is 66.7 Å². The first-order valence-corrected chi connectivity index (χ1v) is 8.78. The minimum absolute atomic E-state index is 0.0735. The van der Waals surface area contributed by atoms with E-state index >= 15 is 0 Å². The van der Waals surface area contributed by atoms with Crippen LogP contribution in [0.2, 0.25) is 0 Å². The number of halogens is 2. The highest BCUT2D eigenvalue weighted by Crippen LogP contribution is 2.40. The summed E-state index contributed by atoms with van der Waals surface area (Å²) >= 11 is 0. The number of nitrogens with zero attached hydrogens (tertiary/aromatic N) is 2. The van der Waals surface area contributed by atoms with Gasteiger partial charge in [-0.3, -0.25) is 4.98 Å². The molecule has 26 heavy (non-hydrogen) atoms. The number of allylic oxidation sites excluding steroid dienone is 3. The van der Waals surface area contributed by atoms with E-state index in [0.29, 0.717) is 12.2 Å².